The van der Waals surface area contributed by atoms with Crippen molar-refractivity contribution in [1.82, 2.24) is 4.57 Å². The Balaban J connectivity index is 1.95. The predicted molar refractivity (Wildman–Crippen MR) is 139 cm³/mol. The second kappa shape index (κ2) is 10.5. The Morgan fingerprint density at radius 1 is 1.17 bits per heavy atom. The van der Waals surface area contributed by atoms with Crippen molar-refractivity contribution >= 4 is 39.3 Å². The van der Waals surface area contributed by atoms with Crippen LogP contribution in [-0.2, 0) is 9.53 Å². The molecule has 0 N–H and O–H groups in total. The second-order valence-electron chi connectivity index (χ2n) is 7.63. The molecule has 0 saturated heterocycles. The summed E-state index contributed by atoms with van der Waals surface area (Å²) >= 11 is 4.70. The van der Waals surface area contributed by atoms with E-state index in [1.807, 2.05) is 30.3 Å². The van der Waals surface area contributed by atoms with Gasteiger partial charge in [-0.2, -0.15) is 0 Å². The van der Waals surface area contributed by atoms with Crippen LogP contribution in [0, 0.1) is 0 Å². The molecule has 9 heteroatoms. The van der Waals surface area contributed by atoms with Gasteiger partial charge in [-0.15, -0.1) is 0 Å². The van der Waals surface area contributed by atoms with Crippen molar-refractivity contribution in [3.63, 3.8) is 0 Å². The fourth-order valence-electron chi connectivity index (χ4n) is 3.84. The summed E-state index contributed by atoms with van der Waals surface area (Å²) in [6.07, 6.45) is 3.31. The number of halogens is 1. The molecular formula is C26H23BrN2O5S. The van der Waals surface area contributed by atoms with Gasteiger partial charge < -0.3 is 14.2 Å². The van der Waals surface area contributed by atoms with Crippen molar-refractivity contribution in [3.8, 4) is 11.5 Å². The van der Waals surface area contributed by atoms with E-state index in [0.29, 0.717) is 32.1 Å². The minimum atomic E-state index is -0.754. The van der Waals surface area contributed by atoms with Crippen LogP contribution in [0.4, 0.5) is 0 Å². The van der Waals surface area contributed by atoms with Crippen LogP contribution >= 0.6 is 27.3 Å². The summed E-state index contributed by atoms with van der Waals surface area (Å²) in [4.78, 5) is 31.9. The summed E-state index contributed by atoms with van der Waals surface area (Å²) in [6, 6.07) is 12.2. The minimum Gasteiger partial charge on any atom is -0.493 e. The molecule has 1 atom stereocenters. The van der Waals surface area contributed by atoms with Crippen molar-refractivity contribution in [3.05, 3.63) is 102 Å². The average Bonchev–Trinajstić information content (AvgIpc) is 3.16. The van der Waals surface area contributed by atoms with Crippen LogP contribution in [0.15, 0.2) is 80.6 Å². The van der Waals surface area contributed by atoms with Gasteiger partial charge in [-0.05, 0) is 48.4 Å². The summed E-state index contributed by atoms with van der Waals surface area (Å²) in [7, 11) is 3.08. The highest BCUT2D eigenvalue weighted by molar-refractivity contribution is 9.10. The molecule has 2 heterocycles. The van der Waals surface area contributed by atoms with Crippen LogP contribution in [0.1, 0.15) is 24.1 Å². The maximum absolute atomic E-state index is 13.7. The first-order chi connectivity index (χ1) is 16.9. The third kappa shape index (κ3) is 4.87. The van der Waals surface area contributed by atoms with E-state index < -0.39 is 12.0 Å². The number of carbonyl (C=O) groups excluding carboxylic acids is 1. The lowest BCUT2D eigenvalue weighted by Crippen LogP contribution is -2.40. The Labute approximate surface area is 214 Å². The van der Waals surface area contributed by atoms with Gasteiger partial charge in [0.05, 0.1) is 36.1 Å². The number of thiazole rings is 1. The lowest BCUT2D eigenvalue weighted by Gasteiger charge is -2.25. The van der Waals surface area contributed by atoms with Gasteiger partial charge in [0, 0.05) is 4.47 Å². The van der Waals surface area contributed by atoms with Gasteiger partial charge in [0.2, 0.25) is 0 Å². The van der Waals surface area contributed by atoms with Crippen molar-refractivity contribution in [2.45, 2.75) is 13.0 Å². The molecule has 35 heavy (non-hydrogen) atoms. The van der Waals surface area contributed by atoms with E-state index in [1.165, 1.54) is 29.1 Å². The summed E-state index contributed by atoms with van der Waals surface area (Å²) in [5.41, 5.74) is 2.05. The fraction of sp³-hybridized carbons (Fsp3) is 0.192. The Kier molecular flexibility index (Phi) is 7.37. The number of methoxy groups -OCH3 is 2. The number of nitrogens with zero attached hydrogens (tertiary/aromatic N) is 2. The average molecular weight is 555 g/mol. The number of hydrogen-bond donors (Lipinski definition) is 0. The van der Waals surface area contributed by atoms with Gasteiger partial charge in [0.25, 0.3) is 5.56 Å². The maximum atomic E-state index is 13.7. The summed E-state index contributed by atoms with van der Waals surface area (Å²) in [5, 5.41) is 0. The zero-order valence-electron chi connectivity index (χ0n) is 19.4. The summed E-state index contributed by atoms with van der Waals surface area (Å²) in [5.74, 6) is 0.457. The zero-order valence-corrected chi connectivity index (χ0v) is 21.8. The van der Waals surface area contributed by atoms with E-state index in [2.05, 4.69) is 27.5 Å². The smallest absolute Gasteiger partial charge is 0.338 e. The van der Waals surface area contributed by atoms with E-state index in [9.17, 15) is 9.59 Å². The molecule has 1 aromatic heterocycles. The number of allylic oxidation sites excluding steroid dienone is 1. The third-order valence-corrected chi connectivity index (χ3v) is 6.98. The highest BCUT2D eigenvalue weighted by Gasteiger charge is 2.34. The molecule has 180 valence electrons. The largest absolute Gasteiger partial charge is 0.493 e. The second-order valence-corrected chi connectivity index (χ2v) is 9.56. The first kappa shape index (κ1) is 24.7. The number of benzene rings is 2. The monoisotopic (exact) mass is 554 g/mol. The fourth-order valence-corrected chi connectivity index (χ4v) is 5.15. The first-order valence-electron chi connectivity index (χ1n) is 10.7. The van der Waals surface area contributed by atoms with Crippen molar-refractivity contribution in [1.29, 1.82) is 0 Å². The maximum Gasteiger partial charge on any atom is 0.338 e. The molecule has 0 aliphatic carbocycles. The quantitative estimate of drug-likeness (QED) is 0.328. The van der Waals surface area contributed by atoms with Crippen LogP contribution in [0.25, 0.3) is 6.08 Å². The zero-order chi connectivity index (χ0) is 25.1. The highest BCUT2D eigenvalue weighted by atomic mass is 79.9. The lowest BCUT2D eigenvalue weighted by molar-refractivity contribution is -0.138. The van der Waals surface area contributed by atoms with E-state index in [4.69, 9.17) is 14.2 Å². The Morgan fingerprint density at radius 3 is 2.54 bits per heavy atom. The van der Waals surface area contributed by atoms with Crippen molar-refractivity contribution in [2.75, 3.05) is 20.8 Å². The summed E-state index contributed by atoms with van der Waals surface area (Å²) < 4.78 is 19.2. The number of esters is 1. The molecule has 0 saturated carbocycles. The molecule has 0 spiro atoms. The molecule has 3 aromatic rings. The Hall–Kier alpha value is -3.43. The van der Waals surface area contributed by atoms with Gasteiger partial charge in [-0.25, -0.2) is 9.79 Å². The molecule has 4 rings (SSSR count). The molecule has 2 aromatic carbocycles. The van der Waals surface area contributed by atoms with E-state index in [1.54, 1.807) is 32.2 Å². The van der Waals surface area contributed by atoms with Gasteiger partial charge in [-0.1, -0.05) is 58.1 Å². The van der Waals surface area contributed by atoms with E-state index >= 15 is 0 Å². The summed E-state index contributed by atoms with van der Waals surface area (Å²) in [6.45, 7) is 5.39. The highest BCUT2D eigenvalue weighted by Crippen LogP contribution is 2.36. The molecule has 1 aliphatic heterocycles. The molecule has 7 nitrogen and oxygen atoms in total. The number of fused-ring (bicyclic) bond motifs is 1. The van der Waals surface area contributed by atoms with Crippen LogP contribution in [0.2, 0.25) is 0 Å². The third-order valence-electron chi connectivity index (χ3n) is 5.46. The van der Waals surface area contributed by atoms with Gasteiger partial charge in [-0.3, -0.25) is 9.36 Å². The van der Waals surface area contributed by atoms with E-state index in [0.717, 1.165) is 10.0 Å². The molecule has 0 radical (unpaired) electrons. The SMILES string of the molecule is C=CCOC(=O)C1=C(C)N=c2s/c(=C/c3ccc(Br)cc3)c(=O)n2C1c1ccc(OC)c(OC)c1. The van der Waals surface area contributed by atoms with Gasteiger partial charge in [0.15, 0.2) is 16.3 Å². The number of rotatable bonds is 7. The molecular weight excluding hydrogens is 532 g/mol. The molecule has 1 unspecified atom stereocenters. The van der Waals surface area contributed by atoms with E-state index in [-0.39, 0.29) is 17.7 Å². The Morgan fingerprint density at radius 2 is 1.89 bits per heavy atom. The Bertz CT molecular complexity index is 1500. The van der Waals surface area contributed by atoms with Crippen LogP contribution < -0.4 is 24.4 Å². The van der Waals surface area contributed by atoms with Crippen LogP contribution in [0.3, 0.4) is 0 Å². The number of aromatic nitrogens is 1. The number of ether oxygens (including phenoxy) is 3. The normalized spacial score (nSPS) is 15.3. The van der Waals surface area contributed by atoms with Crippen molar-refractivity contribution in [2.24, 2.45) is 4.99 Å². The molecule has 0 fully saturated rings. The molecule has 1 aliphatic rings. The standard InChI is InChI=1S/C26H23BrN2O5S/c1-5-12-34-25(31)22-15(2)28-26-29(23(22)17-8-11-19(32-3)20(14-17)33-4)24(30)21(35-26)13-16-6-9-18(27)10-7-16/h5-11,13-14,23H,1,12H2,2-4H3/b21-13+. The lowest BCUT2D eigenvalue weighted by atomic mass is 9.95. The minimum absolute atomic E-state index is 0.0439. The van der Waals surface area contributed by atoms with Gasteiger partial charge in [0.1, 0.15) is 6.61 Å². The first-order valence-corrected chi connectivity index (χ1v) is 12.3. The molecule has 0 amide bonds. The van der Waals surface area contributed by atoms with Crippen LogP contribution in [0.5, 0.6) is 11.5 Å². The predicted octanol–water partition coefficient (Wildman–Crippen LogP) is 3.74. The number of hydrogen-bond acceptors (Lipinski definition) is 7. The number of carbonyl (C=O) groups is 1. The van der Waals surface area contributed by atoms with Crippen molar-refractivity contribution < 1.29 is 19.0 Å². The molecule has 0 bridgehead atoms. The van der Waals surface area contributed by atoms with Gasteiger partial charge >= 0.3 is 5.97 Å². The topological polar surface area (TPSA) is 79.1 Å². The van der Waals surface area contributed by atoms with Crippen LogP contribution in [-0.4, -0.2) is 31.4 Å².